The van der Waals surface area contributed by atoms with Gasteiger partial charge in [0, 0.05) is 25.2 Å². The van der Waals surface area contributed by atoms with Crippen LogP contribution >= 0.6 is 0 Å². The van der Waals surface area contributed by atoms with Crippen LogP contribution in [0, 0.1) is 12.8 Å². The monoisotopic (exact) mass is 313 g/mol. The predicted molar refractivity (Wildman–Crippen MR) is 87.1 cm³/mol. The van der Waals surface area contributed by atoms with Crippen LogP contribution in [0.4, 0.5) is 5.82 Å². The minimum Gasteiger partial charge on any atom is -0.370 e. The quantitative estimate of drug-likeness (QED) is 0.884. The Bertz CT molecular complexity index is 667. The van der Waals surface area contributed by atoms with Crippen LogP contribution in [-0.2, 0) is 6.54 Å². The summed E-state index contributed by atoms with van der Waals surface area (Å²) in [6, 6.07) is 4.11. The van der Waals surface area contributed by atoms with Gasteiger partial charge in [0.25, 0.3) is 0 Å². The Morgan fingerprint density at radius 2 is 2.26 bits per heavy atom. The van der Waals surface area contributed by atoms with Crippen molar-refractivity contribution >= 4 is 5.82 Å². The third-order valence-corrected chi connectivity index (χ3v) is 4.63. The summed E-state index contributed by atoms with van der Waals surface area (Å²) in [6.45, 7) is 6.03. The van der Waals surface area contributed by atoms with E-state index in [0.29, 0.717) is 11.8 Å². The summed E-state index contributed by atoms with van der Waals surface area (Å²) in [5.74, 6) is 3.82. The Labute approximate surface area is 136 Å². The van der Waals surface area contributed by atoms with Gasteiger partial charge >= 0.3 is 0 Å². The molecule has 0 aromatic carbocycles. The smallest absolute Gasteiger partial charge is 0.229 e. The number of pyridine rings is 1. The number of nitrogens with zero attached hydrogens (tertiary/aromatic N) is 4. The molecule has 1 saturated carbocycles. The molecule has 0 radical (unpaired) electrons. The molecule has 0 bridgehead atoms. The Hall–Kier alpha value is -1.95. The molecular weight excluding hydrogens is 290 g/mol. The lowest BCUT2D eigenvalue weighted by molar-refractivity contribution is 0.300. The maximum atomic E-state index is 5.33. The number of hydrogen-bond acceptors (Lipinski definition) is 6. The fourth-order valence-electron chi connectivity index (χ4n) is 3.13. The Balaban J connectivity index is 1.25. The largest absolute Gasteiger partial charge is 0.370 e. The summed E-state index contributed by atoms with van der Waals surface area (Å²) >= 11 is 0. The third kappa shape index (κ3) is 3.69. The van der Waals surface area contributed by atoms with Crippen molar-refractivity contribution in [1.29, 1.82) is 0 Å². The molecule has 1 unspecified atom stereocenters. The fraction of sp³-hybridized carbons (Fsp3) is 0.588. The fourth-order valence-corrected chi connectivity index (χ4v) is 3.13. The van der Waals surface area contributed by atoms with Crippen molar-refractivity contribution in [3.63, 3.8) is 0 Å². The first-order valence-electron chi connectivity index (χ1n) is 8.47. The van der Waals surface area contributed by atoms with Crippen LogP contribution in [0.25, 0.3) is 0 Å². The van der Waals surface area contributed by atoms with Crippen LogP contribution in [0.5, 0.6) is 0 Å². The normalized spacial score (nSPS) is 21.7. The third-order valence-electron chi connectivity index (χ3n) is 4.63. The average molecular weight is 313 g/mol. The summed E-state index contributed by atoms with van der Waals surface area (Å²) < 4.78 is 5.33. The van der Waals surface area contributed by atoms with Crippen molar-refractivity contribution in [2.45, 2.75) is 38.6 Å². The highest BCUT2D eigenvalue weighted by Crippen LogP contribution is 2.38. The highest BCUT2D eigenvalue weighted by atomic mass is 16.5. The average Bonchev–Trinajstić information content (AvgIpc) is 3.13. The maximum Gasteiger partial charge on any atom is 0.229 e. The molecule has 2 aliphatic rings. The first-order valence-corrected chi connectivity index (χ1v) is 8.47. The van der Waals surface area contributed by atoms with Gasteiger partial charge in [-0.25, -0.2) is 4.98 Å². The first kappa shape index (κ1) is 14.6. The second-order valence-corrected chi connectivity index (χ2v) is 6.81. The number of anilines is 1. The van der Waals surface area contributed by atoms with Crippen molar-refractivity contribution in [2.24, 2.45) is 5.92 Å². The Morgan fingerprint density at radius 1 is 1.35 bits per heavy atom. The summed E-state index contributed by atoms with van der Waals surface area (Å²) in [4.78, 5) is 11.3. The van der Waals surface area contributed by atoms with Crippen molar-refractivity contribution in [3.8, 4) is 0 Å². The van der Waals surface area contributed by atoms with E-state index in [1.165, 1.54) is 24.8 Å². The number of aromatic nitrogens is 3. The van der Waals surface area contributed by atoms with Crippen molar-refractivity contribution in [3.05, 3.63) is 35.6 Å². The standard InChI is InChI=1S/C17H23N5O/c1-12-4-6-18-15(8-12)19-9-13-5-7-22(10-13)11-16-20-17(23-21-16)14-2-3-14/h4,6,8,13-14H,2-3,5,7,9-11H2,1H3,(H,18,19). The number of nitrogens with one attached hydrogen (secondary N) is 1. The van der Waals surface area contributed by atoms with E-state index in [-0.39, 0.29) is 0 Å². The van der Waals surface area contributed by atoms with E-state index in [9.17, 15) is 0 Å². The molecule has 0 amide bonds. The number of likely N-dealkylation sites (tertiary alicyclic amines) is 1. The molecule has 3 heterocycles. The molecule has 1 aliphatic heterocycles. The van der Waals surface area contributed by atoms with Crippen molar-refractivity contribution < 1.29 is 4.52 Å². The molecule has 122 valence electrons. The number of rotatable bonds is 6. The van der Waals surface area contributed by atoms with Gasteiger partial charge in [0.05, 0.1) is 6.54 Å². The lowest BCUT2D eigenvalue weighted by atomic mass is 10.1. The topological polar surface area (TPSA) is 67.1 Å². The molecule has 4 rings (SSSR count). The zero-order valence-corrected chi connectivity index (χ0v) is 13.5. The number of aryl methyl sites for hydroxylation is 1. The summed E-state index contributed by atoms with van der Waals surface area (Å²) in [6.07, 6.45) is 5.45. The van der Waals surface area contributed by atoms with E-state index in [1.54, 1.807) is 0 Å². The van der Waals surface area contributed by atoms with Gasteiger partial charge in [0.1, 0.15) is 5.82 Å². The summed E-state index contributed by atoms with van der Waals surface area (Å²) in [7, 11) is 0. The van der Waals surface area contributed by atoms with Gasteiger partial charge in [-0.2, -0.15) is 4.98 Å². The van der Waals surface area contributed by atoms with E-state index in [1.807, 2.05) is 12.3 Å². The molecule has 1 atom stereocenters. The minimum atomic E-state index is 0.536. The van der Waals surface area contributed by atoms with E-state index >= 15 is 0 Å². The molecule has 1 saturated heterocycles. The van der Waals surface area contributed by atoms with Crippen LogP contribution in [0.2, 0.25) is 0 Å². The van der Waals surface area contributed by atoms with Gasteiger partial charge in [-0.1, -0.05) is 5.16 Å². The lowest BCUT2D eigenvalue weighted by Gasteiger charge is -2.14. The lowest BCUT2D eigenvalue weighted by Crippen LogP contribution is -2.23. The van der Waals surface area contributed by atoms with Gasteiger partial charge < -0.3 is 9.84 Å². The molecule has 2 aromatic heterocycles. The van der Waals surface area contributed by atoms with Gasteiger partial charge in [-0.3, -0.25) is 4.90 Å². The molecule has 6 heteroatoms. The first-order chi connectivity index (χ1) is 11.3. The van der Waals surface area contributed by atoms with Crippen LogP contribution in [-0.4, -0.2) is 39.7 Å². The highest BCUT2D eigenvalue weighted by Gasteiger charge is 2.30. The van der Waals surface area contributed by atoms with Gasteiger partial charge in [0.15, 0.2) is 5.82 Å². The van der Waals surface area contributed by atoms with Crippen molar-refractivity contribution in [1.82, 2.24) is 20.0 Å². The SMILES string of the molecule is Cc1ccnc(NCC2CCN(Cc3noc(C4CC4)n3)C2)c1. The molecule has 23 heavy (non-hydrogen) atoms. The Morgan fingerprint density at radius 3 is 3.09 bits per heavy atom. The van der Waals surface area contributed by atoms with E-state index in [2.05, 4.69) is 38.3 Å². The molecule has 6 nitrogen and oxygen atoms in total. The van der Waals surface area contributed by atoms with Crippen LogP contribution in [0.15, 0.2) is 22.9 Å². The van der Waals surface area contributed by atoms with Gasteiger partial charge in [-0.05, 0) is 56.3 Å². The van der Waals surface area contributed by atoms with E-state index in [4.69, 9.17) is 4.52 Å². The van der Waals surface area contributed by atoms with Gasteiger partial charge in [0.2, 0.25) is 5.89 Å². The van der Waals surface area contributed by atoms with Crippen LogP contribution < -0.4 is 5.32 Å². The van der Waals surface area contributed by atoms with E-state index in [0.717, 1.165) is 43.7 Å². The zero-order valence-electron chi connectivity index (χ0n) is 13.5. The molecular formula is C17H23N5O. The second-order valence-electron chi connectivity index (χ2n) is 6.81. The Kier molecular flexibility index (Phi) is 3.99. The molecule has 1 N–H and O–H groups in total. The summed E-state index contributed by atoms with van der Waals surface area (Å²) in [5, 5.41) is 7.57. The van der Waals surface area contributed by atoms with Crippen LogP contribution in [0.3, 0.4) is 0 Å². The molecule has 2 fully saturated rings. The second kappa shape index (κ2) is 6.28. The minimum absolute atomic E-state index is 0.536. The van der Waals surface area contributed by atoms with E-state index < -0.39 is 0 Å². The zero-order chi connectivity index (χ0) is 15.6. The molecule has 0 spiro atoms. The highest BCUT2D eigenvalue weighted by molar-refractivity contribution is 5.36. The predicted octanol–water partition coefficient (Wildman–Crippen LogP) is 2.58. The molecule has 1 aliphatic carbocycles. The number of hydrogen-bond donors (Lipinski definition) is 1. The molecule has 2 aromatic rings. The van der Waals surface area contributed by atoms with Crippen LogP contribution in [0.1, 0.15) is 42.5 Å². The van der Waals surface area contributed by atoms with Crippen molar-refractivity contribution in [2.75, 3.05) is 25.0 Å². The maximum absolute atomic E-state index is 5.33. The van der Waals surface area contributed by atoms with Gasteiger partial charge in [-0.15, -0.1) is 0 Å². The summed E-state index contributed by atoms with van der Waals surface area (Å²) in [5.41, 5.74) is 1.24.